The maximum absolute atomic E-state index is 12.4. The van der Waals surface area contributed by atoms with Crippen LogP contribution in [0.4, 0.5) is 10.5 Å². The molecule has 1 heterocycles. The number of anilines is 1. The third kappa shape index (κ3) is 5.75. The van der Waals surface area contributed by atoms with Crippen LogP contribution in [0.15, 0.2) is 77.3 Å². The number of hydrogen-bond donors (Lipinski definition) is 2. The Hall–Kier alpha value is -4.10. The molecule has 0 unspecified atom stereocenters. The number of ether oxygens (including phenoxy) is 1. The second-order valence-corrected chi connectivity index (χ2v) is 8.73. The lowest BCUT2D eigenvalue weighted by molar-refractivity contribution is -0.138. The second kappa shape index (κ2) is 11.1. The first-order valence-electron chi connectivity index (χ1n) is 11.4. The fourth-order valence-corrected chi connectivity index (χ4v) is 3.97. The maximum atomic E-state index is 12.4. The molecule has 0 bridgehead atoms. The van der Waals surface area contributed by atoms with E-state index in [2.05, 4.69) is 10.5 Å². The smallest absolute Gasteiger partial charge is 0.411 e. The highest BCUT2D eigenvalue weighted by molar-refractivity contribution is 6.31. The van der Waals surface area contributed by atoms with Crippen LogP contribution in [0, 0.1) is 6.92 Å². The summed E-state index contributed by atoms with van der Waals surface area (Å²) in [6, 6.07) is 22.5. The van der Waals surface area contributed by atoms with E-state index in [0.717, 1.165) is 27.8 Å². The van der Waals surface area contributed by atoms with E-state index < -0.39 is 18.0 Å². The quantitative estimate of drug-likeness (QED) is 0.269. The number of benzene rings is 3. The lowest BCUT2D eigenvalue weighted by Crippen LogP contribution is -2.16. The van der Waals surface area contributed by atoms with Gasteiger partial charge in [0.2, 0.25) is 0 Å². The molecule has 8 heteroatoms. The first-order valence-corrected chi connectivity index (χ1v) is 11.8. The zero-order valence-electron chi connectivity index (χ0n) is 19.8. The highest BCUT2D eigenvalue weighted by Gasteiger charge is 2.18. The van der Waals surface area contributed by atoms with Gasteiger partial charge in [-0.05, 0) is 42.2 Å². The van der Waals surface area contributed by atoms with Crippen molar-refractivity contribution in [2.75, 3.05) is 11.9 Å². The highest BCUT2D eigenvalue weighted by atomic mass is 35.5. The molecule has 0 saturated carbocycles. The number of aliphatic carboxylic acids is 1. The number of carbonyl (C=O) groups excluding carboxylic acids is 1. The van der Waals surface area contributed by atoms with Gasteiger partial charge in [-0.2, -0.15) is 0 Å². The van der Waals surface area contributed by atoms with Crippen molar-refractivity contribution in [1.29, 1.82) is 0 Å². The zero-order valence-corrected chi connectivity index (χ0v) is 20.6. The Labute approximate surface area is 213 Å². The minimum Gasteiger partial charge on any atom is -0.481 e. The number of carboxylic acid groups (broad SMARTS) is 1. The lowest BCUT2D eigenvalue weighted by atomic mass is 9.97. The minimum atomic E-state index is -0.858. The van der Waals surface area contributed by atoms with Crippen LogP contribution in [-0.2, 0) is 16.0 Å². The summed E-state index contributed by atoms with van der Waals surface area (Å²) in [5.74, 6) is -0.963. The van der Waals surface area contributed by atoms with Gasteiger partial charge < -0.3 is 14.4 Å². The van der Waals surface area contributed by atoms with E-state index >= 15 is 0 Å². The summed E-state index contributed by atoms with van der Waals surface area (Å²) < 4.78 is 10.6. The van der Waals surface area contributed by atoms with Crippen molar-refractivity contribution in [3.05, 3.63) is 94.7 Å². The Balaban J connectivity index is 1.42. The molecule has 1 aromatic heterocycles. The van der Waals surface area contributed by atoms with Gasteiger partial charge in [0.1, 0.15) is 11.4 Å². The molecule has 7 nitrogen and oxygen atoms in total. The van der Waals surface area contributed by atoms with Crippen LogP contribution in [0.3, 0.4) is 0 Å². The van der Waals surface area contributed by atoms with Gasteiger partial charge in [0.15, 0.2) is 5.76 Å². The SMILES string of the molecule is Cc1onc(-c2ccc(-c3ccc([C@@H](C)C(=O)O)cc3)cc2)c1NC(=O)OCCc1ccccc1Cl. The fraction of sp³-hybridized carbons (Fsp3) is 0.179. The zero-order chi connectivity index (χ0) is 25.7. The third-order valence-electron chi connectivity index (χ3n) is 5.92. The van der Waals surface area contributed by atoms with Gasteiger partial charge >= 0.3 is 12.1 Å². The van der Waals surface area contributed by atoms with Crippen LogP contribution in [0.25, 0.3) is 22.4 Å². The molecule has 2 N–H and O–H groups in total. The van der Waals surface area contributed by atoms with Crippen LogP contribution in [0.2, 0.25) is 5.02 Å². The van der Waals surface area contributed by atoms with Gasteiger partial charge in [-0.15, -0.1) is 0 Å². The lowest BCUT2D eigenvalue weighted by Gasteiger charge is -2.09. The van der Waals surface area contributed by atoms with Gasteiger partial charge in [-0.1, -0.05) is 83.5 Å². The van der Waals surface area contributed by atoms with E-state index in [-0.39, 0.29) is 6.61 Å². The molecular weight excluding hydrogens is 480 g/mol. The largest absolute Gasteiger partial charge is 0.481 e. The van der Waals surface area contributed by atoms with Gasteiger partial charge in [-0.25, -0.2) is 4.79 Å². The van der Waals surface area contributed by atoms with Gasteiger partial charge in [-0.3, -0.25) is 10.1 Å². The predicted octanol–water partition coefficient (Wildman–Crippen LogP) is 6.95. The van der Waals surface area contributed by atoms with Gasteiger partial charge in [0, 0.05) is 17.0 Å². The van der Waals surface area contributed by atoms with Crippen molar-refractivity contribution >= 4 is 29.4 Å². The Morgan fingerprint density at radius 3 is 2.25 bits per heavy atom. The molecule has 4 aromatic rings. The molecule has 1 amide bonds. The molecular formula is C28H25ClN2O5. The van der Waals surface area contributed by atoms with Crippen LogP contribution >= 0.6 is 11.6 Å². The second-order valence-electron chi connectivity index (χ2n) is 8.32. The van der Waals surface area contributed by atoms with Crippen molar-refractivity contribution in [3.8, 4) is 22.4 Å². The van der Waals surface area contributed by atoms with E-state index in [1.807, 2.05) is 66.7 Å². The molecule has 3 aromatic carbocycles. The molecule has 0 aliphatic heterocycles. The number of nitrogens with zero attached hydrogens (tertiary/aromatic N) is 1. The summed E-state index contributed by atoms with van der Waals surface area (Å²) in [5.41, 5.74) is 5.26. The normalized spacial score (nSPS) is 11.6. The summed E-state index contributed by atoms with van der Waals surface area (Å²) in [6.45, 7) is 3.55. The number of hydrogen-bond acceptors (Lipinski definition) is 5. The van der Waals surface area contributed by atoms with Crippen LogP contribution in [-0.4, -0.2) is 28.9 Å². The number of aromatic nitrogens is 1. The standard InChI is InChI=1S/C28H25ClN2O5/c1-17(27(32)33)19-7-9-20(10-8-19)21-11-13-23(14-12-21)26-25(18(2)36-31-26)30-28(34)35-16-15-22-5-3-4-6-24(22)29/h3-14,17H,15-16H2,1-2H3,(H,30,34)(H,32,33)/t17-/m1/s1. The summed E-state index contributed by atoms with van der Waals surface area (Å²) in [5, 5.41) is 16.7. The van der Waals surface area contributed by atoms with Crippen LogP contribution < -0.4 is 5.32 Å². The van der Waals surface area contributed by atoms with Gasteiger partial charge in [0.25, 0.3) is 0 Å². The predicted molar refractivity (Wildman–Crippen MR) is 138 cm³/mol. The number of carboxylic acids is 1. The summed E-state index contributed by atoms with van der Waals surface area (Å²) >= 11 is 6.15. The molecule has 0 spiro atoms. The van der Waals surface area contributed by atoms with Crippen molar-refractivity contribution < 1.29 is 24.0 Å². The summed E-state index contributed by atoms with van der Waals surface area (Å²) in [6.07, 6.45) is -0.109. The monoisotopic (exact) mass is 504 g/mol. The number of rotatable bonds is 8. The van der Waals surface area contributed by atoms with Crippen LogP contribution in [0.1, 0.15) is 29.7 Å². The Kier molecular flexibility index (Phi) is 7.71. The maximum Gasteiger partial charge on any atom is 0.411 e. The van der Waals surface area contributed by atoms with Crippen molar-refractivity contribution in [2.45, 2.75) is 26.2 Å². The Morgan fingerprint density at radius 1 is 1.00 bits per heavy atom. The summed E-state index contributed by atoms with van der Waals surface area (Å²) in [4.78, 5) is 23.6. The molecule has 0 fully saturated rings. The van der Waals surface area contributed by atoms with E-state index in [9.17, 15) is 14.7 Å². The molecule has 1 atom stereocenters. The average molecular weight is 505 g/mol. The number of nitrogens with one attached hydrogen (secondary N) is 1. The van der Waals surface area contributed by atoms with E-state index in [0.29, 0.717) is 28.6 Å². The topological polar surface area (TPSA) is 102 Å². The Morgan fingerprint density at radius 2 is 1.61 bits per heavy atom. The first kappa shape index (κ1) is 25.0. The van der Waals surface area contributed by atoms with E-state index in [1.54, 1.807) is 19.9 Å². The molecule has 0 aliphatic rings. The van der Waals surface area contributed by atoms with Crippen molar-refractivity contribution in [3.63, 3.8) is 0 Å². The first-order chi connectivity index (χ1) is 17.3. The molecule has 0 saturated heterocycles. The van der Waals surface area contributed by atoms with Crippen molar-refractivity contribution in [2.24, 2.45) is 0 Å². The van der Waals surface area contributed by atoms with Crippen molar-refractivity contribution in [1.82, 2.24) is 5.16 Å². The molecule has 36 heavy (non-hydrogen) atoms. The molecule has 4 rings (SSSR count). The molecule has 184 valence electrons. The third-order valence-corrected chi connectivity index (χ3v) is 6.29. The number of aryl methyl sites for hydroxylation is 1. The number of amides is 1. The van der Waals surface area contributed by atoms with Crippen LogP contribution in [0.5, 0.6) is 0 Å². The van der Waals surface area contributed by atoms with Gasteiger partial charge in [0.05, 0.1) is 12.5 Å². The molecule has 0 aliphatic carbocycles. The van der Waals surface area contributed by atoms with E-state index in [4.69, 9.17) is 20.9 Å². The molecule has 0 radical (unpaired) electrons. The minimum absolute atomic E-state index is 0.175. The fourth-order valence-electron chi connectivity index (χ4n) is 3.74. The Bertz CT molecular complexity index is 1360. The number of carbonyl (C=O) groups is 2. The highest BCUT2D eigenvalue weighted by Crippen LogP contribution is 2.32. The van der Waals surface area contributed by atoms with E-state index in [1.165, 1.54) is 0 Å². The summed E-state index contributed by atoms with van der Waals surface area (Å²) in [7, 11) is 0. The average Bonchev–Trinajstić information content (AvgIpc) is 3.24. The number of halogens is 1.